The topological polar surface area (TPSA) is 92.4 Å². The normalized spacial score (nSPS) is 55.1. The van der Waals surface area contributed by atoms with E-state index in [1.165, 1.54) is 12.8 Å². The Labute approximate surface area is 212 Å². The van der Waals surface area contributed by atoms with Crippen LogP contribution in [0.3, 0.4) is 0 Å². The molecule has 0 bridgehead atoms. The highest BCUT2D eigenvalue weighted by atomic mass is 16.5. The molecule has 4 N–H and O–H groups in total. The van der Waals surface area contributed by atoms with Crippen molar-refractivity contribution in [2.45, 2.75) is 119 Å². The number of carbonyl (C=O) groups excluding carboxylic acids is 2. The lowest BCUT2D eigenvalue weighted by Gasteiger charge is -2.73. The first-order chi connectivity index (χ1) is 16.1. The van der Waals surface area contributed by atoms with Crippen molar-refractivity contribution in [3.8, 4) is 0 Å². The minimum atomic E-state index is -0.564. The van der Waals surface area contributed by atoms with Gasteiger partial charge in [-0.15, -0.1) is 0 Å². The van der Waals surface area contributed by atoms with Gasteiger partial charge >= 0.3 is 0 Å². The molecule has 5 rings (SSSR count). The molecular formula is C30H50N2O3. The second kappa shape index (κ2) is 7.56. The van der Waals surface area contributed by atoms with E-state index in [4.69, 9.17) is 5.73 Å². The maximum atomic E-state index is 14.4. The van der Waals surface area contributed by atoms with Crippen molar-refractivity contribution in [2.24, 2.45) is 61.9 Å². The van der Waals surface area contributed by atoms with Gasteiger partial charge in [-0.1, -0.05) is 48.5 Å². The lowest BCUT2D eigenvalue weighted by atomic mass is 9.31. The van der Waals surface area contributed by atoms with E-state index in [0.717, 1.165) is 44.9 Å². The number of nitrogens with two attached hydrogens (primary N) is 1. The van der Waals surface area contributed by atoms with E-state index >= 15 is 0 Å². The Kier molecular flexibility index (Phi) is 5.55. The van der Waals surface area contributed by atoms with Crippen molar-refractivity contribution in [1.29, 1.82) is 0 Å². The van der Waals surface area contributed by atoms with E-state index in [0.29, 0.717) is 30.0 Å². The van der Waals surface area contributed by atoms with Crippen molar-refractivity contribution in [3.05, 3.63) is 0 Å². The van der Waals surface area contributed by atoms with Crippen LogP contribution in [0.5, 0.6) is 0 Å². The van der Waals surface area contributed by atoms with Gasteiger partial charge in [0.2, 0.25) is 5.91 Å². The number of nitrogens with one attached hydrogen (secondary N) is 1. The van der Waals surface area contributed by atoms with E-state index in [9.17, 15) is 14.8 Å². The molecule has 5 aliphatic rings. The fraction of sp³-hybridized carbons (Fsp3) is 0.933. The molecule has 35 heavy (non-hydrogen) atoms. The summed E-state index contributed by atoms with van der Waals surface area (Å²) >= 11 is 0. The molecule has 198 valence electrons. The summed E-state index contributed by atoms with van der Waals surface area (Å²) in [6.45, 7) is 16.5. The first-order valence-electron chi connectivity index (χ1n) is 14.3. The molecule has 0 aliphatic heterocycles. The molecule has 5 nitrogen and oxygen atoms in total. The number of ketones is 1. The summed E-state index contributed by atoms with van der Waals surface area (Å²) in [5, 5.41) is 9.47. The van der Waals surface area contributed by atoms with Crippen LogP contribution in [0, 0.1) is 56.2 Å². The molecule has 1 amide bonds. The average Bonchev–Trinajstić information content (AvgIpc) is 2.78. The van der Waals surface area contributed by atoms with Gasteiger partial charge in [0.05, 0.1) is 0 Å². The highest BCUT2D eigenvalue weighted by Gasteiger charge is 2.72. The van der Waals surface area contributed by atoms with Crippen molar-refractivity contribution in [3.63, 3.8) is 0 Å². The first-order valence-corrected chi connectivity index (χ1v) is 14.3. The lowest BCUT2D eigenvalue weighted by molar-refractivity contribution is -0.235. The maximum Gasteiger partial charge on any atom is 0.249 e. The predicted molar refractivity (Wildman–Crippen MR) is 137 cm³/mol. The summed E-state index contributed by atoms with van der Waals surface area (Å²) in [6, 6.07) is 0.208. The van der Waals surface area contributed by atoms with E-state index in [1.807, 2.05) is 12.4 Å². The molecule has 5 fully saturated rings. The zero-order valence-corrected chi connectivity index (χ0v) is 23.3. The van der Waals surface area contributed by atoms with Gasteiger partial charge in [0.15, 0.2) is 0 Å². The number of hydroxylamine groups is 1. The van der Waals surface area contributed by atoms with Crippen molar-refractivity contribution < 1.29 is 14.8 Å². The number of Topliss-reactive ketones (excluding diaryl/α,β-unsaturated/α-hetero) is 1. The van der Waals surface area contributed by atoms with Crippen LogP contribution in [0.1, 0.15) is 113 Å². The number of fused-ring (bicyclic) bond motifs is 7. The second-order valence-electron chi connectivity index (χ2n) is 15.6. The van der Waals surface area contributed by atoms with E-state index in [2.05, 4.69) is 41.5 Å². The first kappa shape index (κ1) is 25.7. The second-order valence-corrected chi connectivity index (χ2v) is 15.6. The van der Waals surface area contributed by atoms with Crippen LogP contribution >= 0.6 is 0 Å². The van der Waals surface area contributed by atoms with Gasteiger partial charge in [0.25, 0.3) is 0 Å². The van der Waals surface area contributed by atoms with Gasteiger partial charge in [0, 0.05) is 23.8 Å². The highest BCUT2D eigenvalue weighted by molar-refractivity contribution is 5.85. The van der Waals surface area contributed by atoms with Gasteiger partial charge in [-0.2, -0.15) is 0 Å². The van der Waals surface area contributed by atoms with E-state index in [1.54, 1.807) is 0 Å². The summed E-state index contributed by atoms with van der Waals surface area (Å²) in [6.07, 6.45) is 9.91. The molecule has 0 aromatic rings. The Morgan fingerprint density at radius 3 is 2.20 bits per heavy atom. The summed E-state index contributed by atoms with van der Waals surface area (Å²) in [4.78, 5) is 27.1. The van der Waals surface area contributed by atoms with Crippen molar-refractivity contribution in [2.75, 3.05) is 0 Å². The zero-order chi connectivity index (χ0) is 25.8. The number of rotatable bonds is 1. The van der Waals surface area contributed by atoms with Crippen molar-refractivity contribution >= 4 is 11.7 Å². The summed E-state index contributed by atoms with van der Waals surface area (Å²) in [5.74, 6) is 1.45. The molecule has 5 aliphatic carbocycles. The standard InChI is InChI=1S/C30H50N2O3/c1-25(2)21-8-11-30(7)23(28(21,5)10-9-22(25)31)20(33)16-18-19-17-27(4,24(34)32-35)13-12-26(19,3)14-15-29(18,30)6/h18-19,21-23,35H,8-17,31H2,1-7H3,(H,32,34)/t18-,19-,21?,22+,23-,26-,27+,28+,29-,30-/m1/s1. The third kappa shape index (κ3) is 3.12. The van der Waals surface area contributed by atoms with Gasteiger partial charge in [0.1, 0.15) is 5.78 Å². The number of hydrogen-bond acceptors (Lipinski definition) is 4. The Hall–Kier alpha value is -0.940. The highest BCUT2D eigenvalue weighted by Crippen LogP contribution is 2.76. The molecule has 0 saturated heterocycles. The maximum absolute atomic E-state index is 14.4. The molecule has 0 radical (unpaired) electrons. The fourth-order valence-corrected chi connectivity index (χ4v) is 11.3. The minimum absolute atomic E-state index is 0.00996. The SMILES string of the molecule is CC1(C)C2CC[C@]3(C)[C@H](C(=O)C[C@@H]4[C@H]5C[C@@](C)(C(=O)NO)CC[C@]5(C)CC[C@]43C)[C@@]2(C)CC[C@@H]1N. The molecule has 0 heterocycles. The Bertz CT molecular complexity index is 933. The van der Waals surface area contributed by atoms with Gasteiger partial charge in [-0.05, 0) is 103 Å². The molecule has 0 aromatic heterocycles. The van der Waals surface area contributed by atoms with Gasteiger partial charge in [-0.3, -0.25) is 14.8 Å². The smallest absolute Gasteiger partial charge is 0.249 e. The molecule has 0 spiro atoms. The van der Waals surface area contributed by atoms with Crippen molar-refractivity contribution in [1.82, 2.24) is 5.48 Å². The van der Waals surface area contributed by atoms with Crippen LogP contribution in [0.2, 0.25) is 0 Å². The van der Waals surface area contributed by atoms with Crippen LogP contribution < -0.4 is 11.2 Å². The van der Waals surface area contributed by atoms with Crippen LogP contribution in [0.4, 0.5) is 0 Å². The number of carbonyl (C=O) groups is 2. The molecule has 0 aromatic carbocycles. The number of amides is 1. The van der Waals surface area contributed by atoms with Crippen LogP contribution in [-0.4, -0.2) is 22.9 Å². The Morgan fingerprint density at radius 2 is 1.54 bits per heavy atom. The van der Waals surface area contributed by atoms with Crippen LogP contribution in [0.15, 0.2) is 0 Å². The van der Waals surface area contributed by atoms with Crippen LogP contribution in [-0.2, 0) is 9.59 Å². The molecule has 1 unspecified atom stereocenters. The predicted octanol–water partition coefficient (Wildman–Crippen LogP) is 5.88. The third-order valence-corrected chi connectivity index (χ3v) is 13.9. The summed E-state index contributed by atoms with van der Waals surface area (Å²) in [7, 11) is 0. The third-order valence-electron chi connectivity index (χ3n) is 13.9. The Morgan fingerprint density at radius 1 is 0.886 bits per heavy atom. The molecular weight excluding hydrogens is 436 g/mol. The summed E-state index contributed by atoms with van der Waals surface area (Å²) in [5.41, 5.74) is 8.35. The zero-order valence-electron chi connectivity index (χ0n) is 23.3. The van der Waals surface area contributed by atoms with E-state index < -0.39 is 5.41 Å². The summed E-state index contributed by atoms with van der Waals surface area (Å²) < 4.78 is 0. The minimum Gasteiger partial charge on any atom is -0.327 e. The number of hydrogen-bond donors (Lipinski definition) is 3. The lowest BCUT2D eigenvalue weighted by Crippen LogP contribution is -2.70. The quantitative estimate of drug-likeness (QED) is 0.319. The Balaban J connectivity index is 1.55. The largest absolute Gasteiger partial charge is 0.327 e. The van der Waals surface area contributed by atoms with Crippen LogP contribution in [0.25, 0.3) is 0 Å². The van der Waals surface area contributed by atoms with Gasteiger partial charge in [-0.25, -0.2) is 5.48 Å². The fourth-order valence-electron chi connectivity index (χ4n) is 11.3. The molecule has 5 heteroatoms. The monoisotopic (exact) mass is 486 g/mol. The molecule has 5 saturated carbocycles. The van der Waals surface area contributed by atoms with Gasteiger partial charge < -0.3 is 5.73 Å². The van der Waals surface area contributed by atoms with E-state index in [-0.39, 0.29) is 44.9 Å². The molecule has 10 atom stereocenters. The average molecular weight is 487 g/mol.